The molecule has 1 aromatic rings. The summed E-state index contributed by atoms with van der Waals surface area (Å²) in [6, 6.07) is 7.39. The van der Waals surface area contributed by atoms with E-state index >= 15 is 0 Å². The molecule has 102 valence electrons. The number of amides is 1. The first kappa shape index (κ1) is 13.8. The Labute approximate surface area is 116 Å². The zero-order valence-electron chi connectivity index (χ0n) is 10.4. The summed E-state index contributed by atoms with van der Waals surface area (Å²) in [5.41, 5.74) is 0.979. The SMILES string of the molecule is O=C(O)CN1CCN(Cc2cccc(Cl)c2)C(=O)C1. The number of hydrogen-bond donors (Lipinski definition) is 1. The van der Waals surface area contributed by atoms with E-state index in [0.717, 1.165) is 5.56 Å². The van der Waals surface area contributed by atoms with Crippen LogP contribution < -0.4 is 0 Å². The molecule has 6 heteroatoms. The molecule has 0 bridgehead atoms. The highest BCUT2D eigenvalue weighted by molar-refractivity contribution is 6.30. The average Bonchev–Trinajstić information content (AvgIpc) is 2.32. The topological polar surface area (TPSA) is 60.9 Å². The molecule has 1 fully saturated rings. The number of hydrogen-bond acceptors (Lipinski definition) is 3. The van der Waals surface area contributed by atoms with Crippen molar-refractivity contribution in [2.45, 2.75) is 6.54 Å². The van der Waals surface area contributed by atoms with Crippen LogP contribution in [0.4, 0.5) is 0 Å². The maximum absolute atomic E-state index is 11.9. The third kappa shape index (κ3) is 3.94. The predicted molar refractivity (Wildman–Crippen MR) is 70.9 cm³/mol. The van der Waals surface area contributed by atoms with Gasteiger partial charge in [0.2, 0.25) is 5.91 Å². The molecule has 0 saturated carbocycles. The van der Waals surface area contributed by atoms with Gasteiger partial charge in [0.05, 0.1) is 13.1 Å². The molecule has 1 aromatic carbocycles. The van der Waals surface area contributed by atoms with Gasteiger partial charge in [0, 0.05) is 24.7 Å². The summed E-state index contributed by atoms with van der Waals surface area (Å²) in [6.45, 7) is 1.71. The largest absolute Gasteiger partial charge is 0.480 e. The van der Waals surface area contributed by atoms with Crippen LogP contribution in [-0.2, 0) is 16.1 Å². The van der Waals surface area contributed by atoms with Gasteiger partial charge >= 0.3 is 5.97 Å². The summed E-state index contributed by atoms with van der Waals surface area (Å²) in [7, 11) is 0. The van der Waals surface area contributed by atoms with Crippen LogP contribution in [0.2, 0.25) is 5.02 Å². The molecule has 19 heavy (non-hydrogen) atoms. The number of aliphatic carboxylic acids is 1. The molecule has 5 nitrogen and oxygen atoms in total. The lowest BCUT2D eigenvalue weighted by Gasteiger charge is -2.33. The standard InChI is InChI=1S/C13H15ClN2O3/c14-11-3-1-2-10(6-11)7-16-5-4-15(8-12(16)17)9-13(18)19/h1-3,6H,4-5,7-9H2,(H,18,19). The van der Waals surface area contributed by atoms with Crippen molar-refractivity contribution >= 4 is 23.5 Å². The van der Waals surface area contributed by atoms with Gasteiger partial charge in [-0.2, -0.15) is 0 Å². The fourth-order valence-electron chi connectivity index (χ4n) is 2.11. The van der Waals surface area contributed by atoms with Crippen LogP contribution in [0.3, 0.4) is 0 Å². The molecule has 1 amide bonds. The van der Waals surface area contributed by atoms with E-state index in [1.54, 1.807) is 15.9 Å². The number of rotatable bonds is 4. The number of carbonyl (C=O) groups excluding carboxylic acids is 1. The number of carbonyl (C=O) groups is 2. The van der Waals surface area contributed by atoms with E-state index in [1.807, 2.05) is 18.2 Å². The Morgan fingerprint density at radius 2 is 2.16 bits per heavy atom. The van der Waals surface area contributed by atoms with E-state index in [9.17, 15) is 9.59 Å². The molecule has 0 radical (unpaired) electrons. The van der Waals surface area contributed by atoms with Crippen molar-refractivity contribution in [1.82, 2.24) is 9.80 Å². The van der Waals surface area contributed by atoms with Crippen molar-refractivity contribution in [2.75, 3.05) is 26.2 Å². The van der Waals surface area contributed by atoms with Crippen LogP contribution in [0.1, 0.15) is 5.56 Å². The molecule has 1 N–H and O–H groups in total. The fraction of sp³-hybridized carbons (Fsp3) is 0.385. The van der Waals surface area contributed by atoms with Gasteiger partial charge < -0.3 is 10.0 Å². The lowest BCUT2D eigenvalue weighted by atomic mass is 10.2. The Morgan fingerprint density at radius 3 is 2.79 bits per heavy atom. The van der Waals surface area contributed by atoms with E-state index in [4.69, 9.17) is 16.7 Å². The molecule has 0 atom stereocenters. The number of halogens is 1. The van der Waals surface area contributed by atoms with Crippen molar-refractivity contribution in [1.29, 1.82) is 0 Å². The zero-order chi connectivity index (χ0) is 13.8. The van der Waals surface area contributed by atoms with Crippen molar-refractivity contribution in [3.63, 3.8) is 0 Å². The van der Waals surface area contributed by atoms with E-state index in [-0.39, 0.29) is 19.0 Å². The van der Waals surface area contributed by atoms with Gasteiger partial charge in [-0.25, -0.2) is 0 Å². The summed E-state index contributed by atoms with van der Waals surface area (Å²) in [4.78, 5) is 25.9. The smallest absolute Gasteiger partial charge is 0.317 e. The summed E-state index contributed by atoms with van der Waals surface area (Å²) in [5.74, 6) is -0.955. The molecule has 0 aromatic heterocycles. The van der Waals surface area contributed by atoms with Crippen LogP contribution in [0, 0.1) is 0 Å². The van der Waals surface area contributed by atoms with Gasteiger partial charge in [0.1, 0.15) is 0 Å². The van der Waals surface area contributed by atoms with E-state index in [2.05, 4.69) is 0 Å². The van der Waals surface area contributed by atoms with Gasteiger partial charge in [0.25, 0.3) is 0 Å². The Balaban J connectivity index is 1.93. The van der Waals surface area contributed by atoms with Gasteiger partial charge in [-0.3, -0.25) is 14.5 Å². The number of piperazine rings is 1. The van der Waals surface area contributed by atoms with Crippen molar-refractivity contribution in [2.24, 2.45) is 0 Å². The minimum atomic E-state index is -0.906. The third-order valence-corrected chi connectivity index (χ3v) is 3.25. The summed E-state index contributed by atoms with van der Waals surface area (Å²) in [6.07, 6.45) is 0. The quantitative estimate of drug-likeness (QED) is 0.897. The van der Waals surface area contributed by atoms with E-state index < -0.39 is 5.97 Å². The molecular formula is C13H15ClN2O3. The van der Waals surface area contributed by atoms with Crippen LogP contribution in [0.5, 0.6) is 0 Å². The second kappa shape index (κ2) is 6.04. The maximum atomic E-state index is 11.9. The lowest BCUT2D eigenvalue weighted by molar-refractivity contribution is -0.142. The molecule has 1 aliphatic heterocycles. The van der Waals surface area contributed by atoms with Crippen LogP contribution in [0.15, 0.2) is 24.3 Å². The summed E-state index contributed by atoms with van der Waals surface area (Å²) >= 11 is 5.90. The molecule has 0 spiro atoms. The van der Waals surface area contributed by atoms with Crippen LogP contribution >= 0.6 is 11.6 Å². The van der Waals surface area contributed by atoms with E-state index in [0.29, 0.717) is 24.7 Å². The number of benzene rings is 1. The molecule has 1 aliphatic rings. The van der Waals surface area contributed by atoms with E-state index in [1.165, 1.54) is 0 Å². The van der Waals surface area contributed by atoms with Gasteiger partial charge in [0.15, 0.2) is 0 Å². The Kier molecular flexibility index (Phi) is 4.39. The molecule has 0 unspecified atom stereocenters. The Hall–Kier alpha value is -1.59. The van der Waals surface area contributed by atoms with Crippen molar-refractivity contribution in [3.05, 3.63) is 34.9 Å². The number of carboxylic acid groups (broad SMARTS) is 1. The highest BCUT2D eigenvalue weighted by Crippen LogP contribution is 2.14. The fourth-order valence-corrected chi connectivity index (χ4v) is 2.32. The second-order valence-corrected chi connectivity index (χ2v) is 4.99. The molecule has 1 saturated heterocycles. The Morgan fingerprint density at radius 1 is 1.37 bits per heavy atom. The normalized spacial score (nSPS) is 16.7. The zero-order valence-corrected chi connectivity index (χ0v) is 11.1. The van der Waals surface area contributed by atoms with Crippen LogP contribution in [0.25, 0.3) is 0 Å². The lowest BCUT2D eigenvalue weighted by Crippen LogP contribution is -2.51. The number of carboxylic acids is 1. The highest BCUT2D eigenvalue weighted by Gasteiger charge is 2.24. The van der Waals surface area contributed by atoms with Gasteiger partial charge in [-0.05, 0) is 17.7 Å². The minimum Gasteiger partial charge on any atom is -0.480 e. The summed E-state index contributed by atoms with van der Waals surface area (Å²) < 4.78 is 0. The first-order chi connectivity index (χ1) is 9.04. The first-order valence-corrected chi connectivity index (χ1v) is 6.39. The molecule has 2 rings (SSSR count). The number of nitrogens with zero attached hydrogens (tertiary/aromatic N) is 2. The monoisotopic (exact) mass is 282 g/mol. The maximum Gasteiger partial charge on any atom is 0.317 e. The second-order valence-electron chi connectivity index (χ2n) is 4.55. The van der Waals surface area contributed by atoms with Gasteiger partial charge in [-0.15, -0.1) is 0 Å². The Bertz CT molecular complexity index is 493. The predicted octanol–water partition coefficient (Wildman–Crippen LogP) is 1.07. The molecular weight excluding hydrogens is 268 g/mol. The average molecular weight is 283 g/mol. The van der Waals surface area contributed by atoms with Crippen molar-refractivity contribution < 1.29 is 14.7 Å². The molecule has 1 heterocycles. The highest BCUT2D eigenvalue weighted by atomic mass is 35.5. The summed E-state index contributed by atoms with van der Waals surface area (Å²) in [5, 5.41) is 9.35. The third-order valence-electron chi connectivity index (χ3n) is 3.02. The first-order valence-electron chi connectivity index (χ1n) is 6.01. The van der Waals surface area contributed by atoms with Crippen LogP contribution in [-0.4, -0.2) is 53.0 Å². The molecule has 0 aliphatic carbocycles. The van der Waals surface area contributed by atoms with Gasteiger partial charge in [-0.1, -0.05) is 23.7 Å². The minimum absolute atomic E-state index is 0.0486. The van der Waals surface area contributed by atoms with Crippen molar-refractivity contribution in [3.8, 4) is 0 Å².